The number of H-pyrrole nitrogens is 1. The van der Waals surface area contributed by atoms with Crippen LogP contribution in [0.2, 0.25) is 0 Å². The fourth-order valence-electron chi connectivity index (χ4n) is 2.08. The molecule has 0 unspecified atom stereocenters. The lowest BCUT2D eigenvalue weighted by Crippen LogP contribution is -1.95. The molecule has 0 fully saturated rings. The maximum Gasteiger partial charge on any atom is 0.137 e. The Morgan fingerprint density at radius 2 is 1.80 bits per heavy atom. The molecule has 0 amide bonds. The highest BCUT2D eigenvalue weighted by atomic mass is 79.9. The Kier molecular flexibility index (Phi) is 3.67. The molecule has 0 aliphatic rings. The van der Waals surface area contributed by atoms with E-state index in [1.807, 2.05) is 48.7 Å². The van der Waals surface area contributed by atoms with Crippen LogP contribution in [0, 0.1) is 0 Å². The first-order valence-electron chi connectivity index (χ1n) is 6.37. The van der Waals surface area contributed by atoms with Gasteiger partial charge in [-0.05, 0) is 11.6 Å². The third-order valence-electron chi connectivity index (χ3n) is 3.20. The molecule has 0 saturated heterocycles. The Labute approximate surface area is 126 Å². The van der Waals surface area contributed by atoms with Crippen LogP contribution in [-0.4, -0.2) is 9.97 Å². The SMILES string of the molecule is NCc1ccc(-c2ncc(-c3ccccc3Br)[nH]2)cc1. The van der Waals surface area contributed by atoms with Crippen LogP contribution in [0.4, 0.5) is 0 Å². The van der Waals surface area contributed by atoms with Gasteiger partial charge < -0.3 is 10.7 Å². The molecule has 4 heteroatoms. The summed E-state index contributed by atoms with van der Waals surface area (Å²) in [6, 6.07) is 16.2. The molecule has 0 radical (unpaired) electrons. The van der Waals surface area contributed by atoms with Crippen LogP contribution < -0.4 is 5.73 Å². The summed E-state index contributed by atoms with van der Waals surface area (Å²) in [5, 5.41) is 0. The van der Waals surface area contributed by atoms with E-state index in [2.05, 4.69) is 32.0 Å². The van der Waals surface area contributed by atoms with Crippen molar-refractivity contribution < 1.29 is 0 Å². The van der Waals surface area contributed by atoms with Crippen molar-refractivity contribution in [3.8, 4) is 22.6 Å². The zero-order chi connectivity index (χ0) is 13.9. The van der Waals surface area contributed by atoms with Crippen molar-refractivity contribution in [2.45, 2.75) is 6.54 Å². The topological polar surface area (TPSA) is 54.7 Å². The van der Waals surface area contributed by atoms with Gasteiger partial charge in [0.25, 0.3) is 0 Å². The molecule has 0 aliphatic carbocycles. The van der Waals surface area contributed by atoms with Crippen molar-refractivity contribution in [1.82, 2.24) is 9.97 Å². The minimum absolute atomic E-state index is 0.556. The predicted molar refractivity (Wildman–Crippen MR) is 85.1 cm³/mol. The van der Waals surface area contributed by atoms with Gasteiger partial charge in [0.15, 0.2) is 0 Å². The summed E-state index contributed by atoms with van der Waals surface area (Å²) in [5.74, 6) is 0.860. The smallest absolute Gasteiger partial charge is 0.137 e. The second-order valence-electron chi connectivity index (χ2n) is 4.53. The van der Waals surface area contributed by atoms with Gasteiger partial charge in [-0.25, -0.2) is 4.98 Å². The molecular formula is C16H14BrN3. The van der Waals surface area contributed by atoms with Gasteiger partial charge in [0.05, 0.1) is 11.9 Å². The Bertz CT molecular complexity index is 717. The second-order valence-corrected chi connectivity index (χ2v) is 5.38. The number of hydrogen-bond donors (Lipinski definition) is 2. The molecule has 2 aromatic carbocycles. The van der Waals surface area contributed by atoms with Gasteiger partial charge in [-0.3, -0.25) is 0 Å². The number of nitrogens with one attached hydrogen (secondary N) is 1. The van der Waals surface area contributed by atoms with Gasteiger partial charge in [-0.15, -0.1) is 0 Å². The van der Waals surface area contributed by atoms with Gasteiger partial charge >= 0.3 is 0 Å². The maximum absolute atomic E-state index is 5.61. The minimum Gasteiger partial charge on any atom is -0.338 e. The van der Waals surface area contributed by atoms with Crippen molar-refractivity contribution in [2.24, 2.45) is 5.73 Å². The van der Waals surface area contributed by atoms with Gasteiger partial charge in [-0.1, -0.05) is 58.4 Å². The summed E-state index contributed by atoms with van der Waals surface area (Å²) in [6.45, 7) is 0.556. The lowest BCUT2D eigenvalue weighted by Gasteiger charge is -2.01. The Morgan fingerprint density at radius 1 is 1.05 bits per heavy atom. The van der Waals surface area contributed by atoms with E-state index < -0.39 is 0 Å². The number of aromatic amines is 1. The standard InChI is InChI=1S/C16H14BrN3/c17-14-4-2-1-3-13(14)15-10-19-16(20-15)12-7-5-11(9-18)6-8-12/h1-8,10H,9,18H2,(H,19,20). The summed E-state index contributed by atoms with van der Waals surface area (Å²) in [7, 11) is 0. The van der Waals surface area contributed by atoms with E-state index in [9.17, 15) is 0 Å². The minimum atomic E-state index is 0.556. The highest BCUT2D eigenvalue weighted by Gasteiger charge is 2.07. The van der Waals surface area contributed by atoms with E-state index in [1.165, 1.54) is 0 Å². The van der Waals surface area contributed by atoms with Crippen molar-refractivity contribution in [2.75, 3.05) is 0 Å². The summed E-state index contributed by atoms with van der Waals surface area (Å²) >= 11 is 3.56. The molecular weight excluding hydrogens is 314 g/mol. The normalized spacial score (nSPS) is 10.7. The van der Waals surface area contributed by atoms with Crippen LogP contribution in [0.3, 0.4) is 0 Å². The number of benzene rings is 2. The quantitative estimate of drug-likeness (QED) is 0.764. The number of rotatable bonds is 3. The first-order valence-corrected chi connectivity index (χ1v) is 7.16. The second kappa shape index (κ2) is 5.61. The van der Waals surface area contributed by atoms with Gasteiger partial charge in [0, 0.05) is 22.1 Å². The van der Waals surface area contributed by atoms with E-state index in [-0.39, 0.29) is 0 Å². The Hall–Kier alpha value is -1.91. The fourth-order valence-corrected chi connectivity index (χ4v) is 2.58. The van der Waals surface area contributed by atoms with Crippen molar-refractivity contribution >= 4 is 15.9 Å². The van der Waals surface area contributed by atoms with E-state index in [0.29, 0.717) is 6.54 Å². The van der Waals surface area contributed by atoms with Crippen molar-refractivity contribution in [3.05, 3.63) is 64.8 Å². The molecule has 0 aliphatic heterocycles. The molecule has 1 heterocycles. The first kappa shape index (κ1) is 13.1. The average Bonchev–Trinajstić information content (AvgIpc) is 2.97. The molecule has 1 aromatic heterocycles. The molecule has 3 rings (SSSR count). The highest BCUT2D eigenvalue weighted by Crippen LogP contribution is 2.28. The molecule has 3 nitrogen and oxygen atoms in total. The molecule has 3 N–H and O–H groups in total. The van der Waals surface area contributed by atoms with Gasteiger partial charge in [-0.2, -0.15) is 0 Å². The van der Waals surface area contributed by atoms with Crippen LogP contribution in [0.1, 0.15) is 5.56 Å². The van der Waals surface area contributed by atoms with Crippen LogP contribution in [0.5, 0.6) is 0 Å². The van der Waals surface area contributed by atoms with Gasteiger partial charge in [0.1, 0.15) is 5.82 Å². The summed E-state index contributed by atoms with van der Waals surface area (Å²) in [5.41, 5.74) is 9.88. The van der Waals surface area contributed by atoms with Crippen LogP contribution in [0.25, 0.3) is 22.6 Å². The zero-order valence-corrected chi connectivity index (χ0v) is 12.4. The maximum atomic E-state index is 5.61. The number of aromatic nitrogens is 2. The van der Waals surface area contributed by atoms with Gasteiger partial charge in [0.2, 0.25) is 0 Å². The summed E-state index contributed by atoms with van der Waals surface area (Å²) < 4.78 is 1.05. The molecule has 0 atom stereocenters. The third-order valence-corrected chi connectivity index (χ3v) is 3.89. The number of hydrogen-bond acceptors (Lipinski definition) is 2. The van der Waals surface area contributed by atoms with Crippen LogP contribution in [-0.2, 0) is 6.54 Å². The van der Waals surface area contributed by atoms with E-state index >= 15 is 0 Å². The largest absolute Gasteiger partial charge is 0.338 e. The van der Waals surface area contributed by atoms with E-state index in [1.54, 1.807) is 0 Å². The zero-order valence-electron chi connectivity index (χ0n) is 10.8. The molecule has 3 aromatic rings. The summed E-state index contributed by atoms with van der Waals surface area (Å²) in [6.07, 6.45) is 1.85. The Balaban J connectivity index is 1.95. The molecule has 0 spiro atoms. The lowest BCUT2D eigenvalue weighted by atomic mass is 10.1. The predicted octanol–water partition coefficient (Wildman–Crippen LogP) is 3.96. The molecule has 20 heavy (non-hydrogen) atoms. The molecule has 0 bridgehead atoms. The number of halogens is 1. The van der Waals surface area contributed by atoms with E-state index in [4.69, 9.17) is 5.73 Å². The first-order chi connectivity index (χ1) is 9.78. The van der Waals surface area contributed by atoms with Crippen LogP contribution in [0.15, 0.2) is 59.2 Å². The Morgan fingerprint density at radius 3 is 2.50 bits per heavy atom. The number of nitrogens with two attached hydrogens (primary N) is 1. The van der Waals surface area contributed by atoms with Crippen LogP contribution >= 0.6 is 15.9 Å². The number of imidazole rings is 1. The van der Waals surface area contributed by atoms with Crippen molar-refractivity contribution in [3.63, 3.8) is 0 Å². The summed E-state index contributed by atoms with van der Waals surface area (Å²) in [4.78, 5) is 7.80. The lowest BCUT2D eigenvalue weighted by molar-refractivity contribution is 1.07. The highest BCUT2D eigenvalue weighted by molar-refractivity contribution is 9.10. The van der Waals surface area contributed by atoms with E-state index in [0.717, 1.165) is 32.7 Å². The third kappa shape index (κ3) is 2.53. The molecule has 0 saturated carbocycles. The molecule has 100 valence electrons. The fraction of sp³-hybridized carbons (Fsp3) is 0.0625. The number of nitrogens with zero attached hydrogens (tertiary/aromatic N) is 1. The average molecular weight is 328 g/mol. The monoisotopic (exact) mass is 327 g/mol. The van der Waals surface area contributed by atoms with Crippen molar-refractivity contribution in [1.29, 1.82) is 0 Å².